The van der Waals surface area contributed by atoms with Gasteiger partial charge in [0.25, 0.3) is 0 Å². The van der Waals surface area contributed by atoms with E-state index in [0.717, 1.165) is 12.8 Å². The lowest BCUT2D eigenvalue weighted by molar-refractivity contribution is -0.165. The number of carbonyl (C=O) groups excluding carboxylic acids is 1. The molecule has 0 N–H and O–H groups in total. The average molecular weight is 210 g/mol. The van der Waals surface area contributed by atoms with Crippen molar-refractivity contribution in [1.82, 2.24) is 0 Å². The SMILES string of the molecule is CC1(C)COC(=O)[C@@H]2CCC=C[C@H]2OC1. The molecule has 0 spiro atoms. The third kappa shape index (κ3) is 2.40. The van der Waals surface area contributed by atoms with Crippen molar-refractivity contribution in [2.75, 3.05) is 13.2 Å². The molecule has 2 atom stereocenters. The van der Waals surface area contributed by atoms with Crippen molar-refractivity contribution in [3.05, 3.63) is 12.2 Å². The summed E-state index contributed by atoms with van der Waals surface area (Å²) < 4.78 is 11.1. The lowest BCUT2D eigenvalue weighted by atomic mass is 9.89. The molecule has 1 aliphatic carbocycles. The summed E-state index contributed by atoms with van der Waals surface area (Å²) in [6.07, 6.45) is 5.80. The quantitative estimate of drug-likeness (QED) is 0.452. The van der Waals surface area contributed by atoms with Crippen molar-refractivity contribution in [3.8, 4) is 0 Å². The molecule has 0 aromatic carbocycles. The zero-order chi connectivity index (χ0) is 10.9. The van der Waals surface area contributed by atoms with Gasteiger partial charge in [-0.1, -0.05) is 26.0 Å². The van der Waals surface area contributed by atoms with E-state index in [1.54, 1.807) is 0 Å². The van der Waals surface area contributed by atoms with E-state index in [-0.39, 0.29) is 23.4 Å². The van der Waals surface area contributed by atoms with Gasteiger partial charge in [0, 0.05) is 5.41 Å². The van der Waals surface area contributed by atoms with Crippen LogP contribution in [0.15, 0.2) is 12.2 Å². The average Bonchev–Trinajstić information content (AvgIpc) is 2.22. The van der Waals surface area contributed by atoms with Gasteiger partial charge in [-0.05, 0) is 12.8 Å². The Kier molecular flexibility index (Phi) is 2.83. The number of fused-ring (bicyclic) bond motifs is 1. The monoisotopic (exact) mass is 210 g/mol. The molecule has 0 aromatic rings. The number of rotatable bonds is 0. The molecular weight excluding hydrogens is 192 g/mol. The first kappa shape index (κ1) is 10.7. The van der Waals surface area contributed by atoms with Crippen LogP contribution in [0.2, 0.25) is 0 Å². The molecule has 3 nitrogen and oxygen atoms in total. The van der Waals surface area contributed by atoms with E-state index in [2.05, 4.69) is 6.08 Å². The highest BCUT2D eigenvalue weighted by Crippen LogP contribution is 2.28. The number of hydrogen-bond donors (Lipinski definition) is 0. The van der Waals surface area contributed by atoms with Crippen LogP contribution in [-0.2, 0) is 14.3 Å². The minimum Gasteiger partial charge on any atom is -0.465 e. The summed E-state index contributed by atoms with van der Waals surface area (Å²) in [4.78, 5) is 11.8. The second kappa shape index (κ2) is 3.97. The van der Waals surface area contributed by atoms with Crippen molar-refractivity contribution >= 4 is 5.97 Å². The van der Waals surface area contributed by atoms with Crippen LogP contribution in [0.25, 0.3) is 0 Å². The molecule has 0 unspecified atom stereocenters. The number of esters is 1. The Morgan fingerprint density at radius 3 is 3.00 bits per heavy atom. The lowest BCUT2D eigenvalue weighted by Crippen LogP contribution is -2.40. The van der Waals surface area contributed by atoms with Crippen LogP contribution in [0.4, 0.5) is 0 Å². The molecule has 0 amide bonds. The normalized spacial score (nSPS) is 34.9. The van der Waals surface area contributed by atoms with Gasteiger partial charge in [-0.25, -0.2) is 0 Å². The van der Waals surface area contributed by atoms with E-state index < -0.39 is 0 Å². The zero-order valence-electron chi connectivity index (χ0n) is 9.36. The summed E-state index contributed by atoms with van der Waals surface area (Å²) >= 11 is 0. The van der Waals surface area contributed by atoms with Crippen LogP contribution in [0.5, 0.6) is 0 Å². The number of cyclic esters (lactones) is 1. The Hall–Kier alpha value is -0.830. The predicted molar refractivity (Wildman–Crippen MR) is 56.3 cm³/mol. The van der Waals surface area contributed by atoms with Gasteiger partial charge in [-0.15, -0.1) is 0 Å². The Labute approximate surface area is 90.4 Å². The molecule has 1 aliphatic heterocycles. The fraction of sp³-hybridized carbons (Fsp3) is 0.750. The van der Waals surface area contributed by atoms with Gasteiger partial charge in [-0.2, -0.15) is 0 Å². The Balaban J connectivity index is 2.12. The molecule has 1 heterocycles. The van der Waals surface area contributed by atoms with Crippen molar-refractivity contribution in [2.45, 2.75) is 32.8 Å². The van der Waals surface area contributed by atoms with Gasteiger partial charge in [0.05, 0.1) is 25.2 Å². The highest BCUT2D eigenvalue weighted by Gasteiger charge is 2.35. The van der Waals surface area contributed by atoms with Gasteiger partial charge in [0.15, 0.2) is 0 Å². The van der Waals surface area contributed by atoms with Gasteiger partial charge in [0.2, 0.25) is 0 Å². The highest BCUT2D eigenvalue weighted by molar-refractivity contribution is 5.73. The molecule has 1 saturated heterocycles. The summed E-state index contributed by atoms with van der Waals surface area (Å²) in [7, 11) is 0. The molecule has 2 rings (SSSR count). The van der Waals surface area contributed by atoms with E-state index >= 15 is 0 Å². The van der Waals surface area contributed by atoms with E-state index in [0.29, 0.717) is 13.2 Å². The first-order valence-corrected chi connectivity index (χ1v) is 5.53. The smallest absolute Gasteiger partial charge is 0.311 e. The van der Waals surface area contributed by atoms with E-state index in [1.165, 1.54) is 0 Å². The maximum Gasteiger partial charge on any atom is 0.311 e. The predicted octanol–water partition coefficient (Wildman–Crippen LogP) is 1.92. The fourth-order valence-corrected chi connectivity index (χ4v) is 1.97. The van der Waals surface area contributed by atoms with Crippen molar-refractivity contribution in [3.63, 3.8) is 0 Å². The molecule has 3 heteroatoms. The van der Waals surface area contributed by atoms with Crippen molar-refractivity contribution < 1.29 is 14.3 Å². The summed E-state index contributed by atoms with van der Waals surface area (Å²) in [5.41, 5.74) is -0.0775. The van der Waals surface area contributed by atoms with Gasteiger partial charge >= 0.3 is 5.97 Å². The van der Waals surface area contributed by atoms with Gasteiger partial charge < -0.3 is 9.47 Å². The third-order valence-electron chi connectivity index (χ3n) is 2.94. The van der Waals surface area contributed by atoms with Crippen LogP contribution < -0.4 is 0 Å². The molecule has 84 valence electrons. The molecule has 0 bridgehead atoms. The fourth-order valence-electron chi connectivity index (χ4n) is 1.97. The van der Waals surface area contributed by atoms with Crippen LogP contribution in [0.1, 0.15) is 26.7 Å². The summed E-state index contributed by atoms with van der Waals surface area (Å²) in [5.74, 6) is -0.191. The second-order valence-corrected chi connectivity index (χ2v) is 5.16. The Morgan fingerprint density at radius 1 is 1.40 bits per heavy atom. The van der Waals surface area contributed by atoms with Crippen molar-refractivity contribution in [1.29, 1.82) is 0 Å². The van der Waals surface area contributed by atoms with Crippen LogP contribution in [0.3, 0.4) is 0 Å². The molecule has 15 heavy (non-hydrogen) atoms. The van der Waals surface area contributed by atoms with E-state index in [9.17, 15) is 4.79 Å². The maximum atomic E-state index is 11.8. The topological polar surface area (TPSA) is 35.5 Å². The van der Waals surface area contributed by atoms with Crippen LogP contribution in [0, 0.1) is 11.3 Å². The summed E-state index contributed by atoms with van der Waals surface area (Å²) in [6, 6.07) is 0. The largest absolute Gasteiger partial charge is 0.465 e. The molecule has 2 aliphatic rings. The van der Waals surface area contributed by atoms with E-state index in [4.69, 9.17) is 9.47 Å². The minimum atomic E-state index is -0.0999. The standard InChI is InChI=1S/C12H18O3/c1-12(2)7-14-10-6-4-3-5-9(10)11(13)15-8-12/h4,6,9-10H,3,5,7-8H2,1-2H3/t9-,10-/m1/s1. The Bertz CT molecular complexity index is 281. The summed E-state index contributed by atoms with van der Waals surface area (Å²) in [6.45, 7) is 5.20. The lowest BCUT2D eigenvalue weighted by Gasteiger charge is -2.34. The zero-order valence-corrected chi connectivity index (χ0v) is 9.36. The number of carbonyl (C=O) groups is 1. The first-order chi connectivity index (χ1) is 7.08. The molecular formula is C12H18O3. The Morgan fingerprint density at radius 2 is 2.20 bits per heavy atom. The molecule has 0 aromatic heterocycles. The number of ether oxygens (including phenoxy) is 2. The second-order valence-electron chi connectivity index (χ2n) is 5.16. The highest BCUT2D eigenvalue weighted by atomic mass is 16.5. The summed E-state index contributed by atoms with van der Waals surface area (Å²) in [5, 5.41) is 0. The van der Waals surface area contributed by atoms with Gasteiger partial charge in [0.1, 0.15) is 0 Å². The van der Waals surface area contributed by atoms with Crippen LogP contribution >= 0.6 is 0 Å². The van der Waals surface area contributed by atoms with Gasteiger partial charge in [-0.3, -0.25) is 4.79 Å². The van der Waals surface area contributed by atoms with E-state index in [1.807, 2.05) is 19.9 Å². The third-order valence-corrected chi connectivity index (χ3v) is 2.94. The number of hydrogen-bond acceptors (Lipinski definition) is 3. The molecule has 0 saturated carbocycles. The molecule has 0 radical (unpaired) electrons. The van der Waals surface area contributed by atoms with Crippen molar-refractivity contribution in [2.24, 2.45) is 11.3 Å². The number of allylic oxidation sites excluding steroid dienone is 1. The maximum absolute atomic E-state index is 11.8. The molecule has 1 fully saturated rings. The minimum absolute atomic E-state index is 0.0775. The first-order valence-electron chi connectivity index (χ1n) is 5.53. The van der Waals surface area contributed by atoms with Crippen LogP contribution in [-0.4, -0.2) is 25.3 Å².